The van der Waals surface area contributed by atoms with Crippen molar-refractivity contribution < 1.29 is 14.1 Å². The Hall–Kier alpha value is -2.35. The number of nitrogens with zero attached hydrogens (tertiary/aromatic N) is 2. The van der Waals surface area contributed by atoms with Gasteiger partial charge in [0.1, 0.15) is 5.82 Å². The summed E-state index contributed by atoms with van der Waals surface area (Å²) >= 11 is 1.43. The fraction of sp³-hybridized carbons (Fsp3) is 0.167. The molecule has 0 atom stereocenters. The smallest absolute Gasteiger partial charge is 0.272 e. The molecule has 0 unspecified atom stereocenters. The van der Waals surface area contributed by atoms with Gasteiger partial charge in [-0.05, 0) is 13.0 Å². The van der Waals surface area contributed by atoms with Crippen LogP contribution in [0.2, 0.25) is 0 Å². The summed E-state index contributed by atoms with van der Waals surface area (Å²) in [5.74, 6) is -1.54. The molecular formula is C12H10FN3O3S. The number of amides is 1. The average Bonchev–Trinajstić information content (AvgIpc) is 2.81. The lowest BCUT2D eigenvalue weighted by Gasteiger charge is -2.04. The number of nitro groups is 1. The SMILES string of the molecule is Cc1ncc(CNC(=O)c2ccc([N+](=O)[O-])cc2F)s1. The number of hydrogen-bond acceptors (Lipinski definition) is 5. The standard InChI is InChI=1S/C12H10FN3O3S/c1-7-14-5-9(20-7)6-15-12(17)10-3-2-8(16(18)19)4-11(10)13/h2-5H,6H2,1H3,(H,15,17). The third kappa shape index (κ3) is 3.15. The number of carbonyl (C=O) groups excluding carboxylic acids is 1. The van der Waals surface area contributed by atoms with Crippen LogP contribution in [0.3, 0.4) is 0 Å². The lowest BCUT2D eigenvalue weighted by atomic mass is 10.2. The fourth-order valence-electron chi connectivity index (χ4n) is 1.55. The number of benzene rings is 1. The van der Waals surface area contributed by atoms with Crippen molar-refractivity contribution in [3.8, 4) is 0 Å². The van der Waals surface area contributed by atoms with Crippen LogP contribution < -0.4 is 5.32 Å². The third-order valence-corrected chi connectivity index (χ3v) is 3.41. The maximum Gasteiger partial charge on any atom is 0.272 e. The van der Waals surface area contributed by atoms with Gasteiger partial charge in [-0.3, -0.25) is 14.9 Å². The Kier molecular flexibility index (Phi) is 4.04. The van der Waals surface area contributed by atoms with Gasteiger partial charge in [-0.1, -0.05) is 0 Å². The summed E-state index contributed by atoms with van der Waals surface area (Å²) in [7, 11) is 0. The molecule has 0 aliphatic rings. The molecule has 6 nitrogen and oxygen atoms in total. The van der Waals surface area contributed by atoms with Crippen LogP contribution in [-0.4, -0.2) is 15.8 Å². The molecule has 1 heterocycles. The minimum atomic E-state index is -0.919. The molecule has 1 amide bonds. The fourth-order valence-corrected chi connectivity index (χ4v) is 2.29. The Balaban J connectivity index is 2.07. The van der Waals surface area contributed by atoms with E-state index in [2.05, 4.69) is 10.3 Å². The van der Waals surface area contributed by atoms with Gasteiger partial charge in [-0.2, -0.15) is 0 Å². The van der Waals surface area contributed by atoms with Crippen molar-refractivity contribution >= 4 is 22.9 Å². The highest BCUT2D eigenvalue weighted by atomic mass is 32.1. The van der Waals surface area contributed by atoms with Gasteiger partial charge in [0.25, 0.3) is 11.6 Å². The Bertz CT molecular complexity index is 672. The van der Waals surface area contributed by atoms with Gasteiger partial charge in [0.2, 0.25) is 0 Å². The normalized spacial score (nSPS) is 10.3. The molecule has 0 radical (unpaired) electrons. The molecule has 1 N–H and O–H groups in total. The largest absolute Gasteiger partial charge is 0.347 e. The number of halogens is 1. The molecule has 0 fully saturated rings. The van der Waals surface area contributed by atoms with E-state index < -0.39 is 22.3 Å². The van der Waals surface area contributed by atoms with E-state index in [0.29, 0.717) is 0 Å². The van der Waals surface area contributed by atoms with Crippen LogP contribution in [0.15, 0.2) is 24.4 Å². The summed E-state index contributed by atoms with van der Waals surface area (Å²) < 4.78 is 13.6. The predicted octanol–water partition coefficient (Wildman–Crippen LogP) is 2.43. The first-order chi connectivity index (χ1) is 9.47. The summed E-state index contributed by atoms with van der Waals surface area (Å²) in [6, 6.07) is 2.92. The molecule has 0 aliphatic carbocycles. The zero-order valence-corrected chi connectivity index (χ0v) is 11.2. The van der Waals surface area contributed by atoms with Crippen molar-refractivity contribution in [3.63, 3.8) is 0 Å². The molecule has 0 saturated heterocycles. The molecule has 0 bridgehead atoms. The van der Waals surface area contributed by atoms with Crippen LogP contribution in [0.1, 0.15) is 20.2 Å². The Morgan fingerprint density at radius 2 is 2.30 bits per heavy atom. The number of carbonyl (C=O) groups is 1. The third-order valence-electron chi connectivity index (χ3n) is 2.50. The summed E-state index contributed by atoms with van der Waals surface area (Å²) in [5.41, 5.74) is -0.617. The van der Waals surface area contributed by atoms with Crippen LogP contribution >= 0.6 is 11.3 Å². The van der Waals surface area contributed by atoms with Gasteiger partial charge in [-0.25, -0.2) is 9.37 Å². The topological polar surface area (TPSA) is 85.1 Å². The van der Waals surface area contributed by atoms with E-state index in [1.165, 1.54) is 11.3 Å². The number of rotatable bonds is 4. The van der Waals surface area contributed by atoms with Gasteiger partial charge >= 0.3 is 0 Å². The highest BCUT2D eigenvalue weighted by Gasteiger charge is 2.16. The van der Waals surface area contributed by atoms with Crippen molar-refractivity contribution in [2.24, 2.45) is 0 Å². The van der Waals surface area contributed by atoms with Crippen molar-refractivity contribution in [1.29, 1.82) is 0 Å². The van der Waals surface area contributed by atoms with Crippen LogP contribution in [0.4, 0.5) is 10.1 Å². The second kappa shape index (κ2) is 5.74. The maximum absolute atomic E-state index is 13.6. The zero-order valence-electron chi connectivity index (χ0n) is 10.4. The molecule has 0 aliphatic heterocycles. The first kappa shape index (κ1) is 14.1. The van der Waals surface area contributed by atoms with Gasteiger partial charge in [-0.15, -0.1) is 11.3 Å². The van der Waals surface area contributed by atoms with E-state index in [-0.39, 0.29) is 12.1 Å². The van der Waals surface area contributed by atoms with E-state index >= 15 is 0 Å². The molecule has 104 valence electrons. The quantitative estimate of drug-likeness (QED) is 0.693. The van der Waals surface area contributed by atoms with Gasteiger partial charge in [0.15, 0.2) is 0 Å². The van der Waals surface area contributed by atoms with Crippen molar-refractivity contribution in [2.45, 2.75) is 13.5 Å². The number of aromatic nitrogens is 1. The van der Waals surface area contributed by atoms with E-state index in [1.54, 1.807) is 6.20 Å². The zero-order chi connectivity index (χ0) is 14.7. The average molecular weight is 295 g/mol. The van der Waals surface area contributed by atoms with Crippen LogP contribution in [-0.2, 0) is 6.54 Å². The highest BCUT2D eigenvalue weighted by molar-refractivity contribution is 7.11. The molecule has 20 heavy (non-hydrogen) atoms. The number of hydrogen-bond donors (Lipinski definition) is 1. The van der Waals surface area contributed by atoms with E-state index in [9.17, 15) is 19.3 Å². The Morgan fingerprint density at radius 1 is 1.55 bits per heavy atom. The van der Waals surface area contributed by atoms with Crippen molar-refractivity contribution in [1.82, 2.24) is 10.3 Å². The second-order valence-corrected chi connectivity index (χ2v) is 5.27. The minimum Gasteiger partial charge on any atom is -0.347 e. The Labute approximate surface area is 117 Å². The van der Waals surface area contributed by atoms with Crippen LogP contribution in [0.5, 0.6) is 0 Å². The van der Waals surface area contributed by atoms with Gasteiger partial charge in [0.05, 0.1) is 28.1 Å². The summed E-state index contributed by atoms with van der Waals surface area (Å²) in [4.78, 5) is 26.4. The minimum absolute atomic E-state index is 0.225. The number of thiazole rings is 1. The second-order valence-electron chi connectivity index (χ2n) is 3.95. The van der Waals surface area contributed by atoms with Gasteiger partial charge < -0.3 is 5.32 Å². The first-order valence-electron chi connectivity index (χ1n) is 5.61. The van der Waals surface area contributed by atoms with Crippen molar-refractivity contribution in [3.05, 3.63) is 55.8 Å². The number of non-ortho nitro benzene ring substituents is 1. The monoisotopic (exact) mass is 295 g/mol. The van der Waals surface area contributed by atoms with Crippen molar-refractivity contribution in [2.75, 3.05) is 0 Å². The lowest BCUT2D eigenvalue weighted by molar-refractivity contribution is -0.385. The first-order valence-corrected chi connectivity index (χ1v) is 6.42. The number of aryl methyl sites for hydroxylation is 1. The van der Waals surface area contributed by atoms with E-state index in [0.717, 1.165) is 28.1 Å². The summed E-state index contributed by atoms with van der Waals surface area (Å²) in [5, 5.41) is 13.9. The van der Waals surface area contributed by atoms with E-state index in [1.807, 2.05) is 6.92 Å². The van der Waals surface area contributed by atoms with Crippen LogP contribution in [0.25, 0.3) is 0 Å². The molecular weight excluding hydrogens is 285 g/mol. The molecule has 1 aromatic heterocycles. The lowest BCUT2D eigenvalue weighted by Crippen LogP contribution is -2.23. The molecule has 2 aromatic rings. The Morgan fingerprint density at radius 3 is 2.85 bits per heavy atom. The maximum atomic E-state index is 13.6. The molecule has 8 heteroatoms. The van der Waals surface area contributed by atoms with Gasteiger partial charge in [0, 0.05) is 17.1 Å². The van der Waals surface area contributed by atoms with Crippen LogP contribution in [0, 0.1) is 22.9 Å². The molecule has 0 spiro atoms. The molecule has 1 aromatic carbocycles. The summed E-state index contributed by atoms with van der Waals surface area (Å²) in [6.07, 6.45) is 1.63. The highest BCUT2D eigenvalue weighted by Crippen LogP contribution is 2.17. The van der Waals surface area contributed by atoms with E-state index in [4.69, 9.17) is 0 Å². The molecule has 2 rings (SSSR count). The predicted molar refractivity (Wildman–Crippen MR) is 71.1 cm³/mol. The summed E-state index contributed by atoms with van der Waals surface area (Å²) in [6.45, 7) is 2.08. The number of nitro benzene ring substituents is 1. The molecule has 0 saturated carbocycles. The number of nitrogens with one attached hydrogen (secondary N) is 1.